The van der Waals surface area contributed by atoms with Crippen LogP contribution in [-0.2, 0) is 4.74 Å². The van der Waals surface area contributed by atoms with Gasteiger partial charge in [0.05, 0.1) is 12.1 Å². The van der Waals surface area contributed by atoms with Gasteiger partial charge < -0.3 is 4.74 Å². The van der Waals surface area contributed by atoms with Crippen molar-refractivity contribution in [1.29, 1.82) is 0 Å². The first-order valence-electron chi connectivity index (χ1n) is 6.36. The normalized spacial score (nSPS) is 11.1. The Labute approximate surface area is 120 Å². The lowest BCUT2D eigenvalue weighted by molar-refractivity contribution is 0.0520. The number of nitrogens with zero attached hydrogens (tertiary/aromatic N) is 2. The monoisotopic (exact) mass is 286 g/mol. The van der Waals surface area contributed by atoms with Crippen LogP contribution in [0.25, 0.3) is 16.6 Å². The summed E-state index contributed by atoms with van der Waals surface area (Å²) < 4.78 is 6.94. The van der Waals surface area contributed by atoms with E-state index in [0.29, 0.717) is 12.3 Å². The molecule has 2 aromatic heterocycles. The van der Waals surface area contributed by atoms with Crippen LogP contribution in [0.1, 0.15) is 17.4 Å². The summed E-state index contributed by atoms with van der Waals surface area (Å²) >= 11 is 1.67. The van der Waals surface area contributed by atoms with E-state index in [-0.39, 0.29) is 5.97 Å². The summed E-state index contributed by atoms with van der Waals surface area (Å²) in [5.41, 5.74) is 2.14. The van der Waals surface area contributed by atoms with E-state index in [4.69, 9.17) is 4.74 Å². The number of para-hydroxylation sites is 1. The van der Waals surface area contributed by atoms with Crippen LogP contribution in [0.4, 0.5) is 0 Å². The van der Waals surface area contributed by atoms with Crippen LogP contribution in [0.15, 0.2) is 41.4 Å². The number of ether oxygens (including phenoxy) is 1. The molecule has 3 rings (SSSR count). The summed E-state index contributed by atoms with van der Waals surface area (Å²) in [6.07, 6.45) is 3.77. The van der Waals surface area contributed by atoms with E-state index in [1.54, 1.807) is 24.9 Å². The third kappa shape index (κ3) is 2.04. The topological polar surface area (TPSA) is 43.6 Å². The molecule has 2 heterocycles. The summed E-state index contributed by atoms with van der Waals surface area (Å²) in [6, 6.07) is 10.1. The van der Waals surface area contributed by atoms with Gasteiger partial charge in [-0.15, -0.1) is 11.8 Å². The first kappa shape index (κ1) is 13.0. The van der Waals surface area contributed by atoms with E-state index in [0.717, 1.165) is 21.4 Å². The Morgan fingerprint density at radius 2 is 2.20 bits per heavy atom. The van der Waals surface area contributed by atoms with E-state index < -0.39 is 0 Å². The molecule has 0 fully saturated rings. The predicted octanol–water partition coefficient (Wildman–Crippen LogP) is 3.39. The highest BCUT2D eigenvalue weighted by atomic mass is 32.2. The van der Waals surface area contributed by atoms with Gasteiger partial charge in [0, 0.05) is 16.5 Å². The third-order valence-corrected chi connectivity index (χ3v) is 3.90. The number of carbonyl (C=O) groups is 1. The van der Waals surface area contributed by atoms with Crippen LogP contribution < -0.4 is 0 Å². The van der Waals surface area contributed by atoms with E-state index >= 15 is 0 Å². The molecule has 4 nitrogen and oxygen atoms in total. The maximum atomic E-state index is 11.8. The Balaban J connectivity index is 2.28. The number of hydrogen-bond acceptors (Lipinski definition) is 4. The Hall–Kier alpha value is -2.01. The largest absolute Gasteiger partial charge is 0.461 e. The van der Waals surface area contributed by atoms with Gasteiger partial charge in [0.2, 0.25) is 0 Å². The molecule has 20 heavy (non-hydrogen) atoms. The molecule has 0 bridgehead atoms. The van der Waals surface area contributed by atoms with Gasteiger partial charge in [-0.25, -0.2) is 9.78 Å². The van der Waals surface area contributed by atoms with E-state index in [2.05, 4.69) is 11.1 Å². The van der Waals surface area contributed by atoms with Crippen LogP contribution in [0.5, 0.6) is 0 Å². The van der Waals surface area contributed by atoms with Crippen molar-refractivity contribution < 1.29 is 9.53 Å². The van der Waals surface area contributed by atoms with Gasteiger partial charge in [0.25, 0.3) is 0 Å². The maximum absolute atomic E-state index is 11.8. The average Bonchev–Trinajstić information content (AvgIpc) is 2.91. The minimum atomic E-state index is -0.383. The molecular weight excluding hydrogens is 272 g/mol. The molecule has 1 aromatic carbocycles. The number of imidazole rings is 1. The number of carbonyl (C=O) groups excluding carboxylic acids is 1. The van der Waals surface area contributed by atoms with Crippen molar-refractivity contribution in [2.45, 2.75) is 11.8 Å². The van der Waals surface area contributed by atoms with Crippen molar-refractivity contribution >= 4 is 34.3 Å². The minimum absolute atomic E-state index is 0.343. The van der Waals surface area contributed by atoms with Crippen molar-refractivity contribution in [3.8, 4) is 0 Å². The van der Waals surface area contributed by atoms with Crippen molar-refractivity contribution in [1.82, 2.24) is 9.38 Å². The minimum Gasteiger partial charge on any atom is -0.461 e. The van der Waals surface area contributed by atoms with Gasteiger partial charge in [0.15, 0.2) is 5.69 Å². The van der Waals surface area contributed by atoms with E-state index in [1.807, 2.05) is 34.9 Å². The van der Waals surface area contributed by atoms with Crippen molar-refractivity contribution in [2.75, 3.05) is 12.9 Å². The fourth-order valence-electron chi connectivity index (χ4n) is 2.25. The lowest BCUT2D eigenvalue weighted by Gasteiger charge is -2.06. The number of rotatable bonds is 3. The fraction of sp³-hybridized carbons (Fsp3) is 0.200. The number of benzene rings is 1. The van der Waals surface area contributed by atoms with Crippen LogP contribution in [0.3, 0.4) is 0 Å². The molecule has 0 saturated carbocycles. The zero-order valence-electron chi connectivity index (χ0n) is 11.3. The van der Waals surface area contributed by atoms with E-state index in [1.165, 1.54) is 0 Å². The van der Waals surface area contributed by atoms with Gasteiger partial charge in [-0.3, -0.25) is 4.40 Å². The smallest absolute Gasteiger partial charge is 0.358 e. The van der Waals surface area contributed by atoms with Crippen molar-refractivity contribution in [3.05, 3.63) is 42.2 Å². The first-order valence-corrected chi connectivity index (χ1v) is 7.59. The van der Waals surface area contributed by atoms with Crippen LogP contribution in [0.2, 0.25) is 0 Å². The molecule has 0 amide bonds. The second-order valence-electron chi connectivity index (χ2n) is 4.30. The SMILES string of the molecule is CCOC(=O)c1cn2c(cc(SC)c3ccccc32)n1. The molecule has 3 aromatic rings. The molecule has 0 aliphatic carbocycles. The molecule has 5 heteroatoms. The zero-order valence-corrected chi connectivity index (χ0v) is 12.1. The summed E-state index contributed by atoms with van der Waals surface area (Å²) in [5, 5.41) is 1.15. The van der Waals surface area contributed by atoms with E-state index in [9.17, 15) is 4.79 Å². The van der Waals surface area contributed by atoms with Crippen molar-refractivity contribution in [3.63, 3.8) is 0 Å². The standard InChI is InChI=1S/C15H14N2O2S/c1-3-19-15(18)11-9-17-12-7-5-4-6-10(12)13(20-2)8-14(17)16-11/h4-9H,3H2,1-2H3. The summed E-state index contributed by atoms with van der Waals surface area (Å²) in [7, 11) is 0. The number of hydrogen-bond donors (Lipinski definition) is 0. The second-order valence-corrected chi connectivity index (χ2v) is 5.15. The number of esters is 1. The summed E-state index contributed by atoms with van der Waals surface area (Å²) in [5.74, 6) is -0.383. The predicted molar refractivity (Wildman–Crippen MR) is 80.4 cm³/mol. The molecule has 0 unspecified atom stereocenters. The van der Waals surface area contributed by atoms with Crippen LogP contribution in [-0.4, -0.2) is 28.2 Å². The van der Waals surface area contributed by atoms with Gasteiger partial charge >= 0.3 is 5.97 Å². The molecule has 0 radical (unpaired) electrons. The lowest BCUT2D eigenvalue weighted by Crippen LogP contribution is -2.04. The van der Waals surface area contributed by atoms with Crippen LogP contribution >= 0.6 is 11.8 Å². The van der Waals surface area contributed by atoms with Crippen LogP contribution in [0, 0.1) is 0 Å². The molecular formula is C15H14N2O2S. The van der Waals surface area contributed by atoms with Gasteiger partial charge in [-0.2, -0.15) is 0 Å². The Morgan fingerprint density at radius 1 is 1.40 bits per heavy atom. The molecule has 0 atom stereocenters. The van der Waals surface area contributed by atoms with Gasteiger partial charge in [-0.1, -0.05) is 18.2 Å². The molecule has 0 saturated heterocycles. The van der Waals surface area contributed by atoms with Gasteiger partial charge in [0.1, 0.15) is 5.65 Å². The van der Waals surface area contributed by atoms with Crippen molar-refractivity contribution in [2.24, 2.45) is 0 Å². The number of pyridine rings is 1. The molecule has 0 spiro atoms. The molecule has 0 aliphatic heterocycles. The molecule has 0 aliphatic rings. The zero-order chi connectivity index (χ0) is 14.1. The Kier molecular flexibility index (Phi) is 3.36. The second kappa shape index (κ2) is 5.17. The van der Waals surface area contributed by atoms with Gasteiger partial charge in [-0.05, 0) is 25.3 Å². The number of fused-ring (bicyclic) bond motifs is 3. The maximum Gasteiger partial charge on any atom is 0.358 e. The highest BCUT2D eigenvalue weighted by Crippen LogP contribution is 2.28. The molecule has 0 N–H and O–H groups in total. The Bertz CT molecular complexity index is 795. The average molecular weight is 286 g/mol. The summed E-state index contributed by atoms with van der Waals surface area (Å²) in [6.45, 7) is 2.14. The highest BCUT2D eigenvalue weighted by molar-refractivity contribution is 7.98. The quantitative estimate of drug-likeness (QED) is 0.547. The third-order valence-electron chi connectivity index (χ3n) is 3.13. The first-order chi connectivity index (χ1) is 9.74. The molecule has 102 valence electrons. The number of aromatic nitrogens is 2. The Morgan fingerprint density at radius 3 is 2.95 bits per heavy atom. The lowest BCUT2D eigenvalue weighted by atomic mass is 10.2. The number of thioether (sulfide) groups is 1. The summed E-state index contributed by atoms with van der Waals surface area (Å²) in [4.78, 5) is 17.3. The fourth-order valence-corrected chi connectivity index (χ4v) is 2.86. The highest BCUT2D eigenvalue weighted by Gasteiger charge is 2.14.